The van der Waals surface area contributed by atoms with Crippen LogP contribution in [0.3, 0.4) is 0 Å². The monoisotopic (exact) mass is 565 g/mol. The second-order valence-electron chi connectivity index (χ2n) is 10.1. The minimum Gasteiger partial charge on any atom is -0.457 e. The fourth-order valence-corrected chi connectivity index (χ4v) is 5.09. The summed E-state index contributed by atoms with van der Waals surface area (Å²) in [5, 5.41) is 2.93. The number of carbonyl (C=O) groups excluding carboxylic acids is 2. The third kappa shape index (κ3) is 9.12. The first kappa shape index (κ1) is 30.7. The van der Waals surface area contributed by atoms with Crippen LogP contribution in [0.1, 0.15) is 32.8 Å². The molecule has 0 aliphatic carbocycles. The third-order valence-electron chi connectivity index (χ3n) is 6.34. The van der Waals surface area contributed by atoms with Gasteiger partial charge in [0.1, 0.15) is 24.1 Å². The van der Waals surface area contributed by atoms with Crippen LogP contribution in [-0.4, -0.2) is 57.1 Å². The lowest BCUT2D eigenvalue weighted by atomic mass is 10.1. The van der Waals surface area contributed by atoms with Gasteiger partial charge in [0, 0.05) is 13.1 Å². The summed E-state index contributed by atoms with van der Waals surface area (Å²) in [5.41, 5.74) is 1.35. The molecular formula is C31H39N3O5S. The molecule has 0 bridgehead atoms. The van der Waals surface area contributed by atoms with Crippen molar-refractivity contribution < 1.29 is 22.7 Å². The summed E-state index contributed by atoms with van der Waals surface area (Å²) >= 11 is 0. The van der Waals surface area contributed by atoms with Crippen molar-refractivity contribution >= 4 is 27.5 Å². The van der Waals surface area contributed by atoms with Gasteiger partial charge in [-0.05, 0) is 60.7 Å². The number of nitrogens with one attached hydrogen (secondary N) is 1. The number of ether oxygens (including phenoxy) is 1. The van der Waals surface area contributed by atoms with Gasteiger partial charge in [-0.1, -0.05) is 69.3 Å². The lowest BCUT2D eigenvalue weighted by Gasteiger charge is -2.33. The van der Waals surface area contributed by atoms with E-state index in [1.807, 2.05) is 81.4 Å². The maximum absolute atomic E-state index is 13.8. The van der Waals surface area contributed by atoms with Crippen LogP contribution in [0.2, 0.25) is 0 Å². The Labute approximate surface area is 238 Å². The summed E-state index contributed by atoms with van der Waals surface area (Å²) in [7, 11) is -3.82. The summed E-state index contributed by atoms with van der Waals surface area (Å²) in [6.07, 6.45) is 2.00. The fraction of sp³-hybridized carbons (Fsp3) is 0.355. The molecule has 0 saturated heterocycles. The van der Waals surface area contributed by atoms with E-state index in [-0.39, 0.29) is 18.4 Å². The lowest BCUT2D eigenvalue weighted by molar-refractivity contribution is -0.139. The Bertz CT molecular complexity index is 1330. The molecule has 214 valence electrons. The predicted molar refractivity (Wildman–Crippen MR) is 159 cm³/mol. The van der Waals surface area contributed by atoms with Crippen LogP contribution in [0.4, 0.5) is 5.69 Å². The summed E-state index contributed by atoms with van der Waals surface area (Å²) in [4.78, 5) is 28.4. The molecule has 1 N–H and O–H groups in total. The third-order valence-corrected chi connectivity index (χ3v) is 7.48. The maximum atomic E-state index is 13.8. The normalized spacial score (nSPS) is 12.0. The number of nitrogens with zero attached hydrogens (tertiary/aromatic N) is 2. The molecule has 8 nitrogen and oxygen atoms in total. The Kier molecular flexibility index (Phi) is 11.1. The molecule has 0 aliphatic rings. The number of hydrogen-bond acceptors (Lipinski definition) is 5. The standard InChI is InChI=1S/C31H39N3O5S/c1-5-29(31(36)32-22-24(2)3)33(21-20-25-12-8-6-9-13-25)30(35)23-34(40(4,37)38)26-16-18-28(19-17-26)39-27-14-10-7-11-15-27/h6-19,24,29H,5,20-23H2,1-4H3,(H,32,36)/t29-/m1/s1. The number of hydrogen-bond donors (Lipinski definition) is 1. The molecule has 0 unspecified atom stereocenters. The van der Waals surface area contributed by atoms with Crippen molar-refractivity contribution in [3.8, 4) is 11.5 Å². The quantitative estimate of drug-likeness (QED) is 0.301. The highest BCUT2D eigenvalue weighted by Gasteiger charge is 2.31. The Morgan fingerprint density at radius 1 is 0.875 bits per heavy atom. The Morgan fingerprint density at radius 2 is 1.45 bits per heavy atom. The van der Waals surface area contributed by atoms with E-state index in [9.17, 15) is 18.0 Å². The molecule has 0 radical (unpaired) electrons. The largest absolute Gasteiger partial charge is 0.457 e. The summed E-state index contributed by atoms with van der Waals surface area (Å²) in [6, 6.07) is 24.7. The smallest absolute Gasteiger partial charge is 0.244 e. The number of para-hydroxylation sites is 1. The minimum absolute atomic E-state index is 0.245. The van der Waals surface area contributed by atoms with Gasteiger partial charge in [0.05, 0.1) is 11.9 Å². The van der Waals surface area contributed by atoms with Gasteiger partial charge in [-0.3, -0.25) is 13.9 Å². The SMILES string of the molecule is CC[C@H](C(=O)NCC(C)C)N(CCc1ccccc1)C(=O)CN(c1ccc(Oc2ccccc2)cc1)S(C)(=O)=O. The van der Waals surface area contributed by atoms with Gasteiger partial charge in [-0.2, -0.15) is 0 Å². The van der Waals surface area contributed by atoms with Crippen molar-refractivity contribution in [1.29, 1.82) is 0 Å². The number of amides is 2. The van der Waals surface area contributed by atoms with E-state index >= 15 is 0 Å². The number of rotatable bonds is 14. The van der Waals surface area contributed by atoms with Crippen LogP contribution < -0.4 is 14.4 Å². The van der Waals surface area contributed by atoms with E-state index in [1.54, 1.807) is 24.3 Å². The van der Waals surface area contributed by atoms with Gasteiger partial charge in [0.2, 0.25) is 21.8 Å². The zero-order chi connectivity index (χ0) is 29.1. The molecule has 3 aromatic carbocycles. The molecule has 0 spiro atoms. The van der Waals surface area contributed by atoms with E-state index in [2.05, 4.69) is 5.32 Å². The molecule has 0 aliphatic heterocycles. The van der Waals surface area contributed by atoms with E-state index in [0.717, 1.165) is 16.1 Å². The Balaban J connectivity index is 1.84. The van der Waals surface area contributed by atoms with E-state index in [0.29, 0.717) is 36.6 Å². The second kappa shape index (κ2) is 14.5. The average Bonchev–Trinajstić information content (AvgIpc) is 2.93. The van der Waals surface area contributed by atoms with E-state index in [1.165, 1.54) is 4.90 Å². The molecule has 3 rings (SSSR count). The first-order valence-electron chi connectivity index (χ1n) is 13.5. The van der Waals surface area contributed by atoms with Crippen molar-refractivity contribution in [2.24, 2.45) is 5.92 Å². The number of sulfonamides is 1. The molecule has 0 heterocycles. The van der Waals surface area contributed by atoms with Crippen LogP contribution >= 0.6 is 0 Å². The minimum atomic E-state index is -3.82. The summed E-state index contributed by atoms with van der Waals surface area (Å²) < 4.78 is 32.6. The van der Waals surface area contributed by atoms with Crippen molar-refractivity contribution in [3.05, 3.63) is 90.5 Å². The highest BCUT2D eigenvalue weighted by molar-refractivity contribution is 7.92. The van der Waals surface area contributed by atoms with Crippen LogP contribution in [0.15, 0.2) is 84.9 Å². The molecule has 2 amide bonds. The molecule has 40 heavy (non-hydrogen) atoms. The highest BCUT2D eigenvalue weighted by atomic mass is 32.2. The van der Waals surface area contributed by atoms with Crippen LogP contribution in [0.25, 0.3) is 0 Å². The second-order valence-corrected chi connectivity index (χ2v) is 12.0. The summed E-state index contributed by atoms with van der Waals surface area (Å²) in [6.45, 7) is 6.18. The zero-order valence-corrected chi connectivity index (χ0v) is 24.4. The Hall–Kier alpha value is -3.85. The molecule has 3 aromatic rings. The summed E-state index contributed by atoms with van der Waals surface area (Å²) in [5.74, 6) is 0.751. The number of anilines is 1. The van der Waals surface area contributed by atoms with Gasteiger partial charge in [-0.15, -0.1) is 0 Å². The molecule has 0 fully saturated rings. The fourth-order valence-electron chi connectivity index (χ4n) is 4.24. The van der Waals surface area contributed by atoms with Crippen LogP contribution in [0.5, 0.6) is 11.5 Å². The van der Waals surface area contributed by atoms with Gasteiger partial charge >= 0.3 is 0 Å². The average molecular weight is 566 g/mol. The lowest BCUT2D eigenvalue weighted by Crippen LogP contribution is -2.53. The topological polar surface area (TPSA) is 96.0 Å². The van der Waals surface area contributed by atoms with Gasteiger partial charge in [-0.25, -0.2) is 8.42 Å². The first-order valence-corrected chi connectivity index (χ1v) is 15.3. The molecule has 0 aromatic heterocycles. The van der Waals surface area contributed by atoms with Crippen molar-refractivity contribution in [2.75, 3.05) is 30.2 Å². The first-order chi connectivity index (χ1) is 19.1. The molecule has 0 saturated carbocycles. The molecular weight excluding hydrogens is 526 g/mol. The maximum Gasteiger partial charge on any atom is 0.244 e. The Morgan fingerprint density at radius 3 is 2.00 bits per heavy atom. The highest BCUT2D eigenvalue weighted by Crippen LogP contribution is 2.26. The van der Waals surface area contributed by atoms with Crippen LogP contribution in [0, 0.1) is 5.92 Å². The van der Waals surface area contributed by atoms with Crippen molar-refractivity contribution in [1.82, 2.24) is 10.2 Å². The van der Waals surface area contributed by atoms with Crippen LogP contribution in [-0.2, 0) is 26.0 Å². The van der Waals surface area contributed by atoms with E-state index < -0.39 is 28.5 Å². The zero-order valence-electron chi connectivity index (χ0n) is 23.6. The number of benzene rings is 3. The van der Waals surface area contributed by atoms with Crippen molar-refractivity contribution in [2.45, 2.75) is 39.7 Å². The number of carbonyl (C=O) groups is 2. The van der Waals surface area contributed by atoms with Gasteiger partial charge in [0.15, 0.2) is 0 Å². The molecule has 9 heteroatoms. The van der Waals surface area contributed by atoms with Crippen molar-refractivity contribution in [3.63, 3.8) is 0 Å². The van der Waals surface area contributed by atoms with Gasteiger partial charge < -0.3 is 15.0 Å². The molecule has 1 atom stereocenters. The van der Waals surface area contributed by atoms with E-state index in [4.69, 9.17) is 4.74 Å². The van der Waals surface area contributed by atoms with Gasteiger partial charge in [0.25, 0.3) is 0 Å². The predicted octanol–water partition coefficient (Wildman–Crippen LogP) is 4.87.